The molecule has 3 N–H and O–H groups in total. The van der Waals surface area contributed by atoms with Gasteiger partial charge in [-0.05, 0) is 42.8 Å². The average molecular weight is 375 g/mol. The number of aliphatic hydroxyl groups is 1. The minimum Gasteiger partial charge on any atom is -0.386 e. The van der Waals surface area contributed by atoms with E-state index in [1.807, 2.05) is 12.1 Å². The number of benzene rings is 1. The Morgan fingerprint density at radius 3 is 3.00 bits per heavy atom. The van der Waals surface area contributed by atoms with Gasteiger partial charge < -0.3 is 20.6 Å². The second-order valence-electron chi connectivity index (χ2n) is 7.13. The van der Waals surface area contributed by atoms with Gasteiger partial charge >= 0.3 is 0 Å². The predicted molar refractivity (Wildman–Crippen MR) is 111 cm³/mol. The van der Waals surface area contributed by atoms with E-state index >= 15 is 0 Å². The van der Waals surface area contributed by atoms with Crippen molar-refractivity contribution in [3.63, 3.8) is 0 Å². The second kappa shape index (κ2) is 9.35. The lowest BCUT2D eigenvalue weighted by Crippen LogP contribution is -2.44. The third kappa shape index (κ3) is 5.19. The lowest BCUT2D eigenvalue weighted by atomic mass is 10.0. The van der Waals surface area contributed by atoms with E-state index < -0.39 is 6.10 Å². The van der Waals surface area contributed by atoms with Crippen molar-refractivity contribution in [2.24, 2.45) is 10.9 Å². The van der Waals surface area contributed by atoms with E-state index in [4.69, 9.17) is 0 Å². The molecule has 2 heterocycles. The van der Waals surface area contributed by atoms with Crippen molar-refractivity contribution in [1.82, 2.24) is 15.5 Å². The normalized spacial score (nSPS) is 20.3. The molecule has 1 aromatic heterocycles. The van der Waals surface area contributed by atoms with E-state index in [1.54, 1.807) is 18.4 Å². The number of nitrogens with zero attached hydrogens (tertiary/aromatic N) is 2. The first-order chi connectivity index (χ1) is 12.7. The van der Waals surface area contributed by atoms with Gasteiger partial charge in [0.1, 0.15) is 6.10 Å². The topological polar surface area (TPSA) is 59.9 Å². The summed E-state index contributed by atoms with van der Waals surface area (Å²) in [4.78, 5) is 7.76. The number of nitrogens with one attached hydrogen (secondary N) is 2. The molecule has 2 aromatic rings. The monoisotopic (exact) mass is 374 g/mol. The van der Waals surface area contributed by atoms with Crippen LogP contribution in [-0.2, 0) is 0 Å². The summed E-state index contributed by atoms with van der Waals surface area (Å²) in [6, 6.07) is 10.3. The largest absolute Gasteiger partial charge is 0.386 e. The van der Waals surface area contributed by atoms with Crippen molar-refractivity contribution in [1.29, 1.82) is 0 Å². The van der Waals surface area contributed by atoms with Crippen LogP contribution in [-0.4, -0.2) is 55.7 Å². The number of guanidine groups is 1. The zero-order chi connectivity index (χ0) is 18.4. The molecule has 6 heteroatoms. The minimum absolute atomic E-state index is 0.452. The highest BCUT2D eigenvalue weighted by Gasteiger charge is 2.16. The van der Waals surface area contributed by atoms with Gasteiger partial charge in [0.15, 0.2) is 5.96 Å². The van der Waals surface area contributed by atoms with E-state index in [0.717, 1.165) is 29.8 Å². The Kier molecular flexibility index (Phi) is 6.88. The first kappa shape index (κ1) is 19.1. The van der Waals surface area contributed by atoms with Gasteiger partial charge in [0, 0.05) is 42.8 Å². The highest BCUT2D eigenvalue weighted by molar-refractivity contribution is 7.19. The Morgan fingerprint density at radius 1 is 1.38 bits per heavy atom. The van der Waals surface area contributed by atoms with E-state index in [0.29, 0.717) is 6.54 Å². The van der Waals surface area contributed by atoms with Crippen molar-refractivity contribution in [3.8, 4) is 0 Å². The van der Waals surface area contributed by atoms with Gasteiger partial charge in [-0.2, -0.15) is 0 Å². The molecule has 1 aromatic carbocycles. The number of aliphatic hydroxyl groups excluding tert-OH is 1. The summed E-state index contributed by atoms with van der Waals surface area (Å²) in [6.07, 6.45) is 2.12. The fourth-order valence-corrected chi connectivity index (χ4v) is 4.55. The number of piperidine rings is 1. The molecule has 2 atom stereocenters. The molecule has 1 aliphatic heterocycles. The van der Waals surface area contributed by atoms with Gasteiger partial charge in [-0.3, -0.25) is 4.99 Å². The van der Waals surface area contributed by atoms with Crippen LogP contribution >= 0.6 is 11.3 Å². The summed E-state index contributed by atoms with van der Waals surface area (Å²) in [5.41, 5.74) is 0. The summed E-state index contributed by atoms with van der Waals surface area (Å²) in [6.45, 7) is 7.07. The molecule has 0 saturated carbocycles. The van der Waals surface area contributed by atoms with Crippen LogP contribution in [0.15, 0.2) is 35.3 Å². The Bertz CT molecular complexity index is 696. The molecule has 0 spiro atoms. The minimum atomic E-state index is -0.533. The standard InChI is InChI=1S/C20H30N4OS/c1-15-6-5-10-24(14-15)11-9-22-20(21-2)23-13-17(25)19-12-16-7-3-4-8-18(16)26-19/h3-4,7-8,12,15,17,25H,5-6,9-11,13-14H2,1-2H3,(H2,21,22,23). The first-order valence-electron chi connectivity index (χ1n) is 9.49. The van der Waals surface area contributed by atoms with Crippen molar-refractivity contribution in [3.05, 3.63) is 35.2 Å². The molecular weight excluding hydrogens is 344 g/mol. The zero-order valence-corrected chi connectivity index (χ0v) is 16.6. The van der Waals surface area contributed by atoms with Crippen LogP contribution in [0.25, 0.3) is 10.1 Å². The summed E-state index contributed by atoms with van der Waals surface area (Å²) in [5, 5.41) is 18.3. The summed E-state index contributed by atoms with van der Waals surface area (Å²) < 4.78 is 1.21. The van der Waals surface area contributed by atoms with Crippen LogP contribution in [0, 0.1) is 5.92 Å². The maximum atomic E-state index is 10.5. The number of fused-ring (bicyclic) bond motifs is 1. The molecule has 5 nitrogen and oxygen atoms in total. The molecule has 3 rings (SSSR count). The first-order valence-corrected chi connectivity index (χ1v) is 10.3. The van der Waals surface area contributed by atoms with Gasteiger partial charge in [0.2, 0.25) is 0 Å². The lowest BCUT2D eigenvalue weighted by molar-refractivity contribution is 0.183. The van der Waals surface area contributed by atoms with Crippen LogP contribution in [0.2, 0.25) is 0 Å². The molecule has 0 aliphatic carbocycles. The predicted octanol–water partition coefficient (Wildman–Crippen LogP) is 2.83. The number of aliphatic imine (C=N–C) groups is 1. The quantitative estimate of drug-likeness (QED) is 0.538. The highest BCUT2D eigenvalue weighted by atomic mass is 32.1. The van der Waals surface area contributed by atoms with Crippen molar-refractivity contribution >= 4 is 27.4 Å². The fraction of sp³-hybridized carbons (Fsp3) is 0.550. The number of hydrogen-bond acceptors (Lipinski definition) is 4. The fourth-order valence-electron chi connectivity index (χ4n) is 3.50. The van der Waals surface area contributed by atoms with Crippen molar-refractivity contribution < 1.29 is 5.11 Å². The molecule has 0 bridgehead atoms. The van der Waals surface area contributed by atoms with Crippen LogP contribution in [0.4, 0.5) is 0 Å². The third-order valence-electron chi connectivity index (χ3n) is 4.92. The van der Waals surface area contributed by atoms with Crippen LogP contribution in [0.3, 0.4) is 0 Å². The smallest absolute Gasteiger partial charge is 0.191 e. The van der Waals surface area contributed by atoms with E-state index in [9.17, 15) is 5.11 Å². The number of thiophene rings is 1. The molecule has 1 aliphatic rings. The van der Waals surface area contributed by atoms with Crippen molar-refractivity contribution in [2.75, 3.05) is 39.8 Å². The Labute approximate surface area is 160 Å². The summed E-state index contributed by atoms with van der Waals surface area (Å²) in [7, 11) is 1.77. The highest BCUT2D eigenvalue weighted by Crippen LogP contribution is 2.29. The third-order valence-corrected chi connectivity index (χ3v) is 6.14. The van der Waals surface area contributed by atoms with E-state index in [-0.39, 0.29) is 0 Å². The molecule has 0 amide bonds. The number of rotatable bonds is 6. The Morgan fingerprint density at radius 2 is 2.23 bits per heavy atom. The molecular formula is C20H30N4OS. The molecule has 1 saturated heterocycles. The molecule has 2 unspecified atom stereocenters. The van der Waals surface area contributed by atoms with E-state index in [1.165, 1.54) is 36.0 Å². The number of hydrogen-bond donors (Lipinski definition) is 3. The lowest BCUT2D eigenvalue weighted by Gasteiger charge is -2.30. The van der Waals surface area contributed by atoms with Crippen LogP contribution in [0.5, 0.6) is 0 Å². The van der Waals surface area contributed by atoms with Gasteiger partial charge in [0.25, 0.3) is 0 Å². The van der Waals surface area contributed by atoms with Crippen molar-refractivity contribution in [2.45, 2.75) is 25.9 Å². The average Bonchev–Trinajstić information content (AvgIpc) is 3.08. The van der Waals surface area contributed by atoms with Gasteiger partial charge in [-0.25, -0.2) is 0 Å². The van der Waals surface area contributed by atoms with Gasteiger partial charge in [-0.1, -0.05) is 25.1 Å². The molecule has 26 heavy (non-hydrogen) atoms. The number of likely N-dealkylation sites (tertiary alicyclic amines) is 1. The van der Waals surface area contributed by atoms with Crippen LogP contribution in [0.1, 0.15) is 30.7 Å². The molecule has 142 valence electrons. The summed E-state index contributed by atoms with van der Waals surface area (Å²) in [5.74, 6) is 1.55. The second-order valence-corrected chi connectivity index (χ2v) is 8.25. The maximum absolute atomic E-state index is 10.5. The zero-order valence-electron chi connectivity index (χ0n) is 15.7. The summed E-state index contributed by atoms with van der Waals surface area (Å²) >= 11 is 1.64. The molecule has 1 fully saturated rings. The van der Waals surface area contributed by atoms with E-state index in [2.05, 4.69) is 45.6 Å². The SMILES string of the molecule is CN=C(NCCN1CCCC(C)C1)NCC(O)c1cc2ccccc2s1. The maximum Gasteiger partial charge on any atom is 0.191 e. The van der Waals surface area contributed by atoms with Gasteiger partial charge in [-0.15, -0.1) is 11.3 Å². The van der Waals surface area contributed by atoms with Gasteiger partial charge in [0.05, 0.1) is 0 Å². The Balaban J connectivity index is 1.43. The van der Waals surface area contributed by atoms with Crippen LogP contribution < -0.4 is 10.6 Å². The Hall–Kier alpha value is -1.63. The molecule has 0 radical (unpaired) electrons.